The fourth-order valence-electron chi connectivity index (χ4n) is 3.61. The van der Waals surface area contributed by atoms with E-state index in [0.717, 1.165) is 12.1 Å². The molecule has 3 aromatic carbocycles. The molecule has 6 nitrogen and oxygen atoms in total. The zero-order valence-electron chi connectivity index (χ0n) is 20.3. The van der Waals surface area contributed by atoms with Gasteiger partial charge in [-0.3, -0.25) is 4.79 Å². The van der Waals surface area contributed by atoms with Crippen molar-refractivity contribution in [2.24, 2.45) is 0 Å². The molecule has 1 heterocycles. The summed E-state index contributed by atoms with van der Waals surface area (Å²) in [5.41, 5.74) is 0.352. The number of esters is 1. The molecule has 0 saturated heterocycles. The first kappa shape index (κ1) is 26.8. The van der Waals surface area contributed by atoms with Crippen molar-refractivity contribution in [3.05, 3.63) is 98.4 Å². The van der Waals surface area contributed by atoms with Crippen molar-refractivity contribution >= 4 is 34.6 Å². The Labute approximate surface area is 219 Å². The molecule has 0 saturated carbocycles. The lowest BCUT2D eigenvalue weighted by Crippen LogP contribution is -2.15. The van der Waals surface area contributed by atoms with Crippen LogP contribution in [0.2, 0.25) is 5.02 Å². The molecule has 0 fully saturated rings. The molecular formula is C28H20ClF3O6. The molecule has 0 amide bonds. The van der Waals surface area contributed by atoms with Gasteiger partial charge >= 0.3 is 12.1 Å². The molecule has 0 spiro atoms. The second kappa shape index (κ2) is 10.6. The molecule has 4 aromatic rings. The summed E-state index contributed by atoms with van der Waals surface area (Å²) in [4.78, 5) is 25.3. The fraction of sp³-hybridized carbons (Fsp3) is 0.143. The van der Waals surface area contributed by atoms with E-state index >= 15 is 0 Å². The smallest absolute Gasteiger partial charge is 0.453 e. The van der Waals surface area contributed by atoms with Crippen LogP contribution in [-0.4, -0.2) is 13.1 Å². The Bertz CT molecular complexity index is 1580. The van der Waals surface area contributed by atoms with Crippen LogP contribution in [0.1, 0.15) is 22.5 Å². The third-order valence-electron chi connectivity index (χ3n) is 5.46. The molecule has 0 bridgehead atoms. The SMILES string of the molecule is COc1ccc(/C=C/C(=O)Oc2ccc3c(=O)c(Oc4cc(C)c(Cl)c(C)c4)c(C(F)(F)F)oc3c2)cc1. The lowest BCUT2D eigenvalue weighted by atomic mass is 10.1. The zero-order valence-corrected chi connectivity index (χ0v) is 21.1. The van der Waals surface area contributed by atoms with Gasteiger partial charge in [-0.15, -0.1) is 0 Å². The summed E-state index contributed by atoms with van der Waals surface area (Å²) in [5.74, 6) is -2.90. The van der Waals surface area contributed by atoms with Gasteiger partial charge in [-0.1, -0.05) is 23.7 Å². The van der Waals surface area contributed by atoms with Crippen LogP contribution < -0.4 is 19.6 Å². The number of methoxy groups -OCH3 is 1. The maximum absolute atomic E-state index is 13.9. The quantitative estimate of drug-likeness (QED) is 0.142. The van der Waals surface area contributed by atoms with E-state index in [4.69, 9.17) is 30.2 Å². The molecule has 196 valence electrons. The van der Waals surface area contributed by atoms with Gasteiger partial charge in [0.25, 0.3) is 5.76 Å². The van der Waals surface area contributed by atoms with Crippen LogP contribution in [0.15, 0.2) is 69.9 Å². The van der Waals surface area contributed by atoms with Crippen molar-refractivity contribution in [3.63, 3.8) is 0 Å². The molecular weight excluding hydrogens is 525 g/mol. The van der Waals surface area contributed by atoms with Crippen LogP contribution in [-0.2, 0) is 11.0 Å². The van der Waals surface area contributed by atoms with Gasteiger partial charge in [-0.25, -0.2) is 4.79 Å². The van der Waals surface area contributed by atoms with E-state index in [1.807, 2.05) is 0 Å². The number of hydrogen-bond acceptors (Lipinski definition) is 6. The number of carbonyl (C=O) groups excluding carboxylic acids is 1. The van der Waals surface area contributed by atoms with Gasteiger partial charge in [0.05, 0.1) is 12.5 Å². The number of fused-ring (bicyclic) bond motifs is 1. The van der Waals surface area contributed by atoms with Crippen LogP contribution in [0.5, 0.6) is 23.0 Å². The van der Waals surface area contributed by atoms with Crippen molar-refractivity contribution in [2.75, 3.05) is 7.11 Å². The summed E-state index contributed by atoms with van der Waals surface area (Å²) in [6.07, 6.45) is -2.40. The van der Waals surface area contributed by atoms with Crippen molar-refractivity contribution in [3.8, 4) is 23.0 Å². The van der Waals surface area contributed by atoms with Crippen LogP contribution in [0.3, 0.4) is 0 Å². The summed E-state index contributed by atoms with van der Waals surface area (Å²) in [6.45, 7) is 3.31. The molecule has 0 unspecified atom stereocenters. The van der Waals surface area contributed by atoms with Crippen molar-refractivity contribution in [1.82, 2.24) is 0 Å². The summed E-state index contributed by atoms with van der Waals surface area (Å²) in [7, 11) is 1.53. The maximum atomic E-state index is 13.9. The highest BCUT2D eigenvalue weighted by molar-refractivity contribution is 6.32. The monoisotopic (exact) mass is 544 g/mol. The minimum absolute atomic E-state index is 0.00394. The predicted octanol–water partition coefficient (Wildman–Crippen LogP) is 7.50. The Balaban J connectivity index is 1.65. The number of halogens is 4. The lowest BCUT2D eigenvalue weighted by molar-refractivity contribution is -0.154. The number of aryl methyl sites for hydroxylation is 2. The Hall–Kier alpha value is -4.24. The van der Waals surface area contributed by atoms with Gasteiger partial charge in [-0.05, 0) is 73.0 Å². The average molecular weight is 545 g/mol. The summed E-state index contributed by atoms with van der Waals surface area (Å²) < 4.78 is 62.3. The second-order valence-electron chi connectivity index (χ2n) is 8.25. The van der Waals surface area contributed by atoms with E-state index in [0.29, 0.717) is 27.5 Å². The van der Waals surface area contributed by atoms with Gasteiger partial charge in [0, 0.05) is 17.2 Å². The van der Waals surface area contributed by atoms with E-state index in [2.05, 4.69) is 0 Å². The highest BCUT2D eigenvalue weighted by Crippen LogP contribution is 2.39. The molecule has 38 heavy (non-hydrogen) atoms. The molecule has 10 heteroatoms. The Kier molecular flexibility index (Phi) is 7.50. The number of hydrogen-bond donors (Lipinski definition) is 0. The molecule has 1 aromatic heterocycles. The largest absolute Gasteiger partial charge is 0.497 e. The molecule has 4 rings (SSSR count). The van der Waals surface area contributed by atoms with Gasteiger partial charge in [-0.2, -0.15) is 13.2 Å². The number of rotatable bonds is 6. The Morgan fingerprint density at radius 3 is 2.18 bits per heavy atom. The molecule has 0 aliphatic heterocycles. The summed E-state index contributed by atoms with van der Waals surface area (Å²) in [6, 6.07) is 13.2. The average Bonchev–Trinajstić information content (AvgIpc) is 2.87. The van der Waals surface area contributed by atoms with Gasteiger partial charge in [0.15, 0.2) is 0 Å². The molecule has 0 aliphatic carbocycles. The molecule has 0 atom stereocenters. The maximum Gasteiger partial charge on any atom is 0.453 e. The van der Waals surface area contributed by atoms with Crippen LogP contribution in [0.25, 0.3) is 17.0 Å². The second-order valence-corrected chi connectivity index (χ2v) is 8.62. The van der Waals surface area contributed by atoms with E-state index in [-0.39, 0.29) is 16.9 Å². The highest BCUT2D eigenvalue weighted by Gasteiger charge is 2.40. The van der Waals surface area contributed by atoms with Gasteiger partial charge < -0.3 is 18.6 Å². The first-order valence-corrected chi connectivity index (χ1v) is 11.5. The van der Waals surface area contributed by atoms with Gasteiger partial charge in [0.2, 0.25) is 11.2 Å². The lowest BCUT2D eigenvalue weighted by Gasteiger charge is -2.14. The minimum atomic E-state index is -5.05. The first-order valence-electron chi connectivity index (χ1n) is 11.1. The Morgan fingerprint density at radius 1 is 0.947 bits per heavy atom. The number of ether oxygens (including phenoxy) is 3. The zero-order chi connectivity index (χ0) is 27.6. The number of alkyl halides is 3. The molecule has 0 aliphatic rings. The normalized spacial score (nSPS) is 11.7. The van der Waals surface area contributed by atoms with E-state index in [1.165, 1.54) is 37.5 Å². The van der Waals surface area contributed by atoms with Crippen LogP contribution in [0.4, 0.5) is 13.2 Å². The number of carbonyl (C=O) groups is 1. The molecule has 0 N–H and O–H groups in total. The third-order valence-corrected chi connectivity index (χ3v) is 6.05. The van der Waals surface area contributed by atoms with E-state index in [1.54, 1.807) is 38.1 Å². The van der Waals surface area contributed by atoms with E-state index in [9.17, 15) is 22.8 Å². The van der Waals surface area contributed by atoms with Crippen molar-refractivity contribution in [2.45, 2.75) is 20.0 Å². The van der Waals surface area contributed by atoms with E-state index < -0.39 is 34.7 Å². The first-order chi connectivity index (χ1) is 18.0. The third kappa shape index (κ3) is 5.84. The van der Waals surface area contributed by atoms with Crippen molar-refractivity contribution < 1.29 is 36.6 Å². The Morgan fingerprint density at radius 2 is 1.58 bits per heavy atom. The number of benzene rings is 3. The standard InChI is InChI=1S/C28H20ClF3O6/c1-15-12-20(13-16(2)24(15)29)37-26-25(34)21-10-9-19(14-22(21)38-27(26)28(30,31)32)36-23(33)11-6-17-4-7-18(35-3)8-5-17/h4-14H,1-3H3/b11-6+. The van der Waals surface area contributed by atoms with Crippen LogP contribution in [0, 0.1) is 13.8 Å². The predicted molar refractivity (Wildman–Crippen MR) is 136 cm³/mol. The van der Waals surface area contributed by atoms with Gasteiger partial charge in [0.1, 0.15) is 22.8 Å². The fourth-order valence-corrected chi connectivity index (χ4v) is 3.72. The highest BCUT2D eigenvalue weighted by atomic mass is 35.5. The van der Waals surface area contributed by atoms with Crippen LogP contribution >= 0.6 is 11.6 Å². The minimum Gasteiger partial charge on any atom is -0.497 e. The van der Waals surface area contributed by atoms with Crippen molar-refractivity contribution in [1.29, 1.82) is 0 Å². The summed E-state index contributed by atoms with van der Waals surface area (Å²) in [5, 5.41) is 0.240. The molecule has 0 radical (unpaired) electrons. The topological polar surface area (TPSA) is 75.0 Å². The summed E-state index contributed by atoms with van der Waals surface area (Å²) >= 11 is 6.12.